The highest BCUT2D eigenvalue weighted by Crippen LogP contribution is 2.30. The van der Waals surface area contributed by atoms with Crippen LogP contribution in [0.25, 0.3) is 0 Å². The molecule has 2 atom stereocenters. The third kappa shape index (κ3) is 3.24. The van der Waals surface area contributed by atoms with Gasteiger partial charge < -0.3 is 16.2 Å². The van der Waals surface area contributed by atoms with Gasteiger partial charge in [-0.25, -0.2) is 0 Å². The topological polar surface area (TPSA) is 118 Å². The predicted molar refractivity (Wildman–Crippen MR) is 73.3 cm³/mol. The Morgan fingerprint density at radius 3 is 2.85 bits per heavy atom. The summed E-state index contributed by atoms with van der Waals surface area (Å²) in [5.74, 6) is -0.685. The van der Waals surface area contributed by atoms with E-state index in [1.165, 1.54) is 12.1 Å². The standard InChI is InChI=1S/C13H17N3O4/c14-9-3-1-2-8(6-9)13(18)15-11-5-4-10(17)7-12(11)16(19)20/h4-5,7-9,17H,1-3,6,14H2,(H,15,18). The molecule has 1 fully saturated rings. The summed E-state index contributed by atoms with van der Waals surface area (Å²) in [5, 5.41) is 22.7. The van der Waals surface area contributed by atoms with Crippen LogP contribution in [0.5, 0.6) is 5.75 Å². The van der Waals surface area contributed by atoms with E-state index in [0.29, 0.717) is 6.42 Å². The van der Waals surface area contributed by atoms with Gasteiger partial charge in [-0.05, 0) is 31.4 Å². The summed E-state index contributed by atoms with van der Waals surface area (Å²) in [6.45, 7) is 0. The lowest BCUT2D eigenvalue weighted by Crippen LogP contribution is -2.34. The van der Waals surface area contributed by atoms with Crippen LogP contribution >= 0.6 is 0 Å². The quantitative estimate of drug-likeness (QED) is 0.442. The zero-order chi connectivity index (χ0) is 14.7. The van der Waals surface area contributed by atoms with Crippen molar-refractivity contribution in [2.75, 3.05) is 5.32 Å². The van der Waals surface area contributed by atoms with Crippen molar-refractivity contribution in [3.63, 3.8) is 0 Å². The molecule has 1 amide bonds. The van der Waals surface area contributed by atoms with Crippen molar-refractivity contribution in [3.05, 3.63) is 28.3 Å². The minimum Gasteiger partial charge on any atom is -0.508 e. The number of benzene rings is 1. The van der Waals surface area contributed by atoms with Gasteiger partial charge in [0.05, 0.1) is 11.0 Å². The van der Waals surface area contributed by atoms with Gasteiger partial charge in [0.2, 0.25) is 5.91 Å². The van der Waals surface area contributed by atoms with Crippen molar-refractivity contribution in [2.24, 2.45) is 11.7 Å². The Bertz CT molecular complexity index is 532. The van der Waals surface area contributed by atoms with Gasteiger partial charge in [0.15, 0.2) is 0 Å². The zero-order valence-electron chi connectivity index (χ0n) is 10.9. The molecule has 1 aliphatic carbocycles. The fourth-order valence-corrected chi connectivity index (χ4v) is 2.48. The van der Waals surface area contributed by atoms with Crippen LogP contribution in [0, 0.1) is 16.0 Å². The molecule has 1 aromatic carbocycles. The van der Waals surface area contributed by atoms with Crippen LogP contribution in [0.1, 0.15) is 25.7 Å². The molecular formula is C13H17N3O4. The van der Waals surface area contributed by atoms with Crippen LogP contribution in [-0.2, 0) is 4.79 Å². The number of hydrogen-bond acceptors (Lipinski definition) is 5. The van der Waals surface area contributed by atoms with Crippen LogP contribution in [0.15, 0.2) is 18.2 Å². The summed E-state index contributed by atoms with van der Waals surface area (Å²) in [4.78, 5) is 22.4. The average Bonchev–Trinajstić information content (AvgIpc) is 2.40. The summed E-state index contributed by atoms with van der Waals surface area (Å²) in [5.41, 5.74) is 5.61. The van der Waals surface area contributed by atoms with Gasteiger partial charge in [-0.3, -0.25) is 14.9 Å². The second-order valence-electron chi connectivity index (χ2n) is 5.07. The first kappa shape index (κ1) is 14.3. The molecule has 2 unspecified atom stereocenters. The number of amides is 1. The highest BCUT2D eigenvalue weighted by molar-refractivity contribution is 5.94. The number of phenolic OH excluding ortho intramolecular Hbond substituents is 1. The molecule has 20 heavy (non-hydrogen) atoms. The Morgan fingerprint density at radius 1 is 1.45 bits per heavy atom. The monoisotopic (exact) mass is 279 g/mol. The highest BCUT2D eigenvalue weighted by atomic mass is 16.6. The maximum absolute atomic E-state index is 12.1. The molecular weight excluding hydrogens is 262 g/mol. The third-order valence-electron chi connectivity index (χ3n) is 3.52. The number of nitrogens with one attached hydrogen (secondary N) is 1. The summed E-state index contributed by atoms with van der Waals surface area (Å²) in [7, 11) is 0. The van der Waals surface area contributed by atoms with Gasteiger partial charge in [-0.15, -0.1) is 0 Å². The highest BCUT2D eigenvalue weighted by Gasteiger charge is 2.27. The molecule has 1 saturated carbocycles. The molecule has 7 heteroatoms. The normalized spacial score (nSPS) is 22.2. The Morgan fingerprint density at radius 2 is 2.20 bits per heavy atom. The number of nitro benzene ring substituents is 1. The summed E-state index contributed by atoms with van der Waals surface area (Å²) >= 11 is 0. The van der Waals surface area contributed by atoms with Gasteiger partial charge in [0.25, 0.3) is 5.69 Å². The van der Waals surface area contributed by atoms with Crippen molar-refractivity contribution < 1.29 is 14.8 Å². The summed E-state index contributed by atoms with van der Waals surface area (Å²) in [6.07, 6.45) is 3.13. The number of phenols is 1. The van der Waals surface area contributed by atoms with Crippen molar-refractivity contribution in [3.8, 4) is 5.75 Å². The third-order valence-corrected chi connectivity index (χ3v) is 3.52. The van der Waals surface area contributed by atoms with Crippen LogP contribution in [0.2, 0.25) is 0 Å². The maximum atomic E-state index is 12.1. The molecule has 7 nitrogen and oxygen atoms in total. The SMILES string of the molecule is NC1CCCC(C(=O)Nc2ccc(O)cc2[N+](=O)[O-])C1. The van der Waals surface area contributed by atoms with Crippen LogP contribution < -0.4 is 11.1 Å². The molecule has 0 aromatic heterocycles. The zero-order valence-corrected chi connectivity index (χ0v) is 10.9. The lowest BCUT2D eigenvalue weighted by Gasteiger charge is -2.25. The smallest absolute Gasteiger partial charge is 0.296 e. The molecule has 0 spiro atoms. The van der Waals surface area contributed by atoms with Crippen LogP contribution in [0.4, 0.5) is 11.4 Å². The Kier molecular flexibility index (Phi) is 4.19. The van der Waals surface area contributed by atoms with Crippen molar-refractivity contribution in [1.82, 2.24) is 0 Å². The van der Waals surface area contributed by atoms with Crippen LogP contribution in [-0.4, -0.2) is 22.0 Å². The maximum Gasteiger partial charge on any atom is 0.296 e. The molecule has 1 aliphatic rings. The molecule has 0 bridgehead atoms. The first-order chi connectivity index (χ1) is 9.47. The van der Waals surface area contributed by atoms with E-state index in [0.717, 1.165) is 25.3 Å². The minimum atomic E-state index is -0.637. The second kappa shape index (κ2) is 5.87. The van der Waals surface area contributed by atoms with Crippen molar-refractivity contribution in [2.45, 2.75) is 31.7 Å². The molecule has 2 rings (SSSR count). The Labute approximate surface area is 115 Å². The lowest BCUT2D eigenvalue weighted by atomic mass is 9.85. The van der Waals surface area contributed by atoms with Crippen molar-refractivity contribution >= 4 is 17.3 Å². The van der Waals surface area contributed by atoms with Crippen LogP contribution in [0.3, 0.4) is 0 Å². The van der Waals surface area contributed by atoms with Gasteiger partial charge >= 0.3 is 0 Å². The van der Waals surface area contributed by atoms with E-state index in [1.54, 1.807) is 0 Å². The largest absolute Gasteiger partial charge is 0.508 e. The number of hydrogen-bond donors (Lipinski definition) is 3. The van der Waals surface area contributed by atoms with E-state index >= 15 is 0 Å². The number of carbonyl (C=O) groups excluding carboxylic acids is 1. The second-order valence-corrected chi connectivity index (χ2v) is 5.07. The fraction of sp³-hybridized carbons (Fsp3) is 0.462. The molecule has 0 saturated heterocycles. The molecule has 0 radical (unpaired) electrons. The van der Waals surface area contributed by atoms with Gasteiger partial charge in [-0.2, -0.15) is 0 Å². The molecule has 4 N–H and O–H groups in total. The number of anilines is 1. The number of rotatable bonds is 3. The predicted octanol–water partition coefficient (Wildman–Crippen LogP) is 1.76. The number of carbonyl (C=O) groups is 1. The van der Waals surface area contributed by atoms with E-state index in [-0.39, 0.29) is 35.0 Å². The fourth-order valence-electron chi connectivity index (χ4n) is 2.48. The van der Waals surface area contributed by atoms with Gasteiger partial charge in [0.1, 0.15) is 11.4 Å². The van der Waals surface area contributed by atoms with Crippen molar-refractivity contribution in [1.29, 1.82) is 0 Å². The first-order valence-corrected chi connectivity index (χ1v) is 6.51. The molecule has 108 valence electrons. The van der Waals surface area contributed by atoms with E-state index in [4.69, 9.17) is 5.73 Å². The molecule has 0 heterocycles. The molecule has 0 aliphatic heterocycles. The van der Waals surface area contributed by atoms with Gasteiger partial charge in [0, 0.05) is 12.0 Å². The Hall–Kier alpha value is -2.15. The van der Waals surface area contributed by atoms with E-state index in [1.807, 2.05) is 0 Å². The summed E-state index contributed by atoms with van der Waals surface area (Å²) in [6, 6.07) is 3.65. The summed E-state index contributed by atoms with van der Waals surface area (Å²) < 4.78 is 0. The number of aromatic hydroxyl groups is 1. The average molecular weight is 279 g/mol. The Balaban J connectivity index is 2.13. The number of nitrogens with two attached hydrogens (primary N) is 1. The number of nitrogens with zero attached hydrogens (tertiary/aromatic N) is 1. The van der Waals surface area contributed by atoms with E-state index in [9.17, 15) is 20.0 Å². The van der Waals surface area contributed by atoms with E-state index < -0.39 is 4.92 Å². The lowest BCUT2D eigenvalue weighted by molar-refractivity contribution is -0.384. The number of nitro groups is 1. The van der Waals surface area contributed by atoms with Gasteiger partial charge in [-0.1, -0.05) is 6.42 Å². The molecule has 1 aromatic rings. The van der Waals surface area contributed by atoms with E-state index in [2.05, 4.69) is 5.32 Å². The first-order valence-electron chi connectivity index (χ1n) is 6.51. The minimum absolute atomic E-state index is 0.00861.